The summed E-state index contributed by atoms with van der Waals surface area (Å²) in [5, 5.41) is 8.63. The van der Waals surface area contributed by atoms with Crippen LogP contribution in [0.4, 0.5) is 0 Å². The average Bonchev–Trinajstić information content (AvgIpc) is 2.16. The largest absolute Gasteiger partial charge is 0.396 e. The zero-order chi connectivity index (χ0) is 11.0. The molecule has 0 bridgehead atoms. The Hall–Kier alpha value is -0.130. The van der Waals surface area contributed by atoms with Gasteiger partial charge in [0, 0.05) is 19.7 Å². The van der Waals surface area contributed by atoms with Crippen molar-refractivity contribution in [1.82, 2.24) is 4.31 Å². The van der Waals surface area contributed by atoms with E-state index in [4.69, 9.17) is 5.11 Å². The van der Waals surface area contributed by atoms with E-state index < -0.39 is 10.0 Å². The molecule has 4 nitrogen and oxygen atoms in total. The summed E-state index contributed by atoms with van der Waals surface area (Å²) in [6.45, 7) is 4.76. The first-order chi connectivity index (χ1) is 6.58. The highest BCUT2D eigenvalue weighted by atomic mass is 32.2. The molecule has 86 valence electrons. The van der Waals surface area contributed by atoms with Gasteiger partial charge < -0.3 is 5.11 Å². The predicted molar refractivity (Wildman–Crippen MR) is 57.6 cm³/mol. The van der Waals surface area contributed by atoms with Crippen LogP contribution in [0.15, 0.2) is 0 Å². The Balaban J connectivity index is 4.19. The van der Waals surface area contributed by atoms with Crippen molar-refractivity contribution in [1.29, 1.82) is 0 Å². The first kappa shape index (κ1) is 13.9. The first-order valence-electron chi connectivity index (χ1n) is 5.17. The van der Waals surface area contributed by atoms with Crippen LogP contribution in [0.25, 0.3) is 0 Å². The quantitative estimate of drug-likeness (QED) is 0.663. The van der Waals surface area contributed by atoms with Crippen molar-refractivity contribution in [2.45, 2.75) is 33.1 Å². The van der Waals surface area contributed by atoms with Gasteiger partial charge in [0.1, 0.15) is 0 Å². The van der Waals surface area contributed by atoms with E-state index in [-0.39, 0.29) is 12.4 Å². The van der Waals surface area contributed by atoms with Crippen molar-refractivity contribution in [2.75, 3.05) is 25.4 Å². The molecule has 0 fully saturated rings. The molecule has 0 aliphatic rings. The summed E-state index contributed by atoms with van der Waals surface area (Å²) in [4.78, 5) is 0. The maximum Gasteiger partial charge on any atom is 0.214 e. The molecule has 0 amide bonds. The molecule has 0 aliphatic carbocycles. The molecule has 0 aromatic rings. The van der Waals surface area contributed by atoms with E-state index in [1.807, 2.05) is 13.8 Å². The summed E-state index contributed by atoms with van der Waals surface area (Å²) in [5.41, 5.74) is 0. The highest BCUT2D eigenvalue weighted by Crippen LogP contribution is 2.05. The minimum Gasteiger partial charge on any atom is -0.396 e. The summed E-state index contributed by atoms with van der Waals surface area (Å²) in [6.07, 6.45) is 2.11. The lowest BCUT2D eigenvalue weighted by Gasteiger charge is -2.19. The third kappa shape index (κ3) is 4.93. The van der Waals surface area contributed by atoms with Gasteiger partial charge in [-0.3, -0.25) is 0 Å². The number of rotatable bonds is 8. The lowest BCUT2D eigenvalue weighted by Crippen LogP contribution is -2.34. The van der Waals surface area contributed by atoms with Gasteiger partial charge in [-0.15, -0.1) is 0 Å². The van der Waals surface area contributed by atoms with Crippen LogP contribution in [-0.4, -0.2) is 43.3 Å². The van der Waals surface area contributed by atoms with Gasteiger partial charge in [0.05, 0.1) is 5.75 Å². The molecule has 0 radical (unpaired) electrons. The second-order valence-corrected chi connectivity index (χ2v) is 5.33. The molecule has 0 aromatic carbocycles. The number of hydrogen-bond acceptors (Lipinski definition) is 3. The van der Waals surface area contributed by atoms with Crippen molar-refractivity contribution in [3.63, 3.8) is 0 Å². The molecule has 0 aliphatic heterocycles. The van der Waals surface area contributed by atoms with Crippen LogP contribution in [0, 0.1) is 0 Å². The molecule has 14 heavy (non-hydrogen) atoms. The molecule has 0 spiro atoms. The van der Waals surface area contributed by atoms with E-state index in [9.17, 15) is 8.42 Å². The van der Waals surface area contributed by atoms with Gasteiger partial charge >= 0.3 is 0 Å². The lowest BCUT2D eigenvalue weighted by atomic mass is 10.4. The summed E-state index contributed by atoms with van der Waals surface area (Å²) < 4.78 is 24.8. The molecule has 0 rings (SSSR count). The van der Waals surface area contributed by atoms with Gasteiger partial charge in [-0.1, -0.05) is 20.3 Å². The predicted octanol–water partition coefficient (Wildman–Crippen LogP) is 0.821. The standard InChI is InChI=1S/C9H21NO3S/c1-3-5-9-14(12,13)10(4-2)7-6-8-11/h11H,3-9H2,1-2H3. The molecule has 5 heteroatoms. The van der Waals surface area contributed by atoms with Crippen molar-refractivity contribution in [3.8, 4) is 0 Å². The van der Waals surface area contributed by atoms with E-state index in [1.54, 1.807) is 0 Å². The minimum atomic E-state index is -3.08. The van der Waals surface area contributed by atoms with Crippen molar-refractivity contribution >= 4 is 10.0 Å². The van der Waals surface area contributed by atoms with Crippen LogP contribution in [0.5, 0.6) is 0 Å². The zero-order valence-electron chi connectivity index (χ0n) is 9.07. The molecule has 1 N–H and O–H groups in total. The summed E-state index contributed by atoms with van der Waals surface area (Å²) in [7, 11) is -3.08. The second-order valence-electron chi connectivity index (χ2n) is 3.24. The fourth-order valence-corrected chi connectivity index (χ4v) is 2.91. The van der Waals surface area contributed by atoms with Gasteiger partial charge in [0.15, 0.2) is 0 Å². The molecule has 0 heterocycles. The third-order valence-corrected chi connectivity index (χ3v) is 4.10. The van der Waals surface area contributed by atoms with Crippen molar-refractivity contribution in [2.24, 2.45) is 0 Å². The van der Waals surface area contributed by atoms with E-state index >= 15 is 0 Å². The number of nitrogens with zero attached hydrogens (tertiary/aromatic N) is 1. The van der Waals surface area contributed by atoms with Crippen molar-refractivity contribution < 1.29 is 13.5 Å². The Morgan fingerprint density at radius 3 is 2.29 bits per heavy atom. The Morgan fingerprint density at radius 2 is 1.86 bits per heavy atom. The van der Waals surface area contributed by atoms with Crippen LogP contribution in [0.3, 0.4) is 0 Å². The van der Waals surface area contributed by atoms with Crippen LogP contribution in [-0.2, 0) is 10.0 Å². The highest BCUT2D eigenvalue weighted by molar-refractivity contribution is 7.89. The second kappa shape index (κ2) is 7.20. The van der Waals surface area contributed by atoms with E-state index in [0.717, 1.165) is 6.42 Å². The molecular formula is C9H21NO3S. The third-order valence-electron chi connectivity index (χ3n) is 2.07. The van der Waals surface area contributed by atoms with E-state index in [1.165, 1.54) is 4.31 Å². The Bertz CT molecular complexity index is 226. The summed E-state index contributed by atoms with van der Waals surface area (Å²) in [6, 6.07) is 0. The Labute approximate surface area is 87.0 Å². The average molecular weight is 223 g/mol. The van der Waals surface area contributed by atoms with Gasteiger partial charge in [-0.25, -0.2) is 12.7 Å². The topological polar surface area (TPSA) is 57.6 Å². The molecule has 0 aromatic heterocycles. The van der Waals surface area contributed by atoms with Crippen LogP contribution in [0.2, 0.25) is 0 Å². The maximum atomic E-state index is 11.7. The lowest BCUT2D eigenvalue weighted by molar-refractivity contribution is 0.271. The number of hydrogen-bond donors (Lipinski definition) is 1. The monoisotopic (exact) mass is 223 g/mol. The van der Waals surface area contributed by atoms with Gasteiger partial charge in [0.25, 0.3) is 0 Å². The zero-order valence-corrected chi connectivity index (χ0v) is 9.89. The van der Waals surface area contributed by atoms with Gasteiger partial charge in [0.2, 0.25) is 10.0 Å². The smallest absolute Gasteiger partial charge is 0.214 e. The van der Waals surface area contributed by atoms with E-state index in [2.05, 4.69) is 0 Å². The molecular weight excluding hydrogens is 202 g/mol. The fourth-order valence-electron chi connectivity index (χ4n) is 1.20. The van der Waals surface area contributed by atoms with Crippen LogP contribution < -0.4 is 0 Å². The maximum absolute atomic E-state index is 11.7. The Morgan fingerprint density at radius 1 is 1.21 bits per heavy atom. The molecule has 0 saturated carbocycles. The normalized spacial score (nSPS) is 12.3. The summed E-state index contributed by atoms with van der Waals surface area (Å²) >= 11 is 0. The number of sulfonamides is 1. The molecule has 0 atom stereocenters. The SMILES string of the molecule is CCCCS(=O)(=O)N(CC)CCCO. The fraction of sp³-hybridized carbons (Fsp3) is 1.00. The molecule has 0 unspecified atom stereocenters. The molecule has 0 saturated heterocycles. The Kier molecular flexibility index (Phi) is 7.13. The number of unbranched alkanes of at least 4 members (excludes halogenated alkanes) is 1. The van der Waals surface area contributed by atoms with Gasteiger partial charge in [-0.05, 0) is 12.8 Å². The van der Waals surface area contributed by atoms with Crippen LogP contribution in [0.1, 0.15) is 33.1 Å². The first-order valence-corrected chi connectivity index (χ1v) is 6.78. The number of aliphatic hydroxyl groups excluding tert-OH is 1. The highest BCUT2D eigenvalue weighted by Gasteiger charge is 2.18. The van der Waals surface area contributed by atoms with E-state index in [0.29, 0.717) is 25.9 Å². The minimum absolute atomic E-state index is 0.0415. The van der Waals surface area contributed by atoms with Crippen molar-refractivity contribution in [3.05, 3.63) is 0 Å². The summed E-state index contributed by atoms with van der Waals surface area (Å²) in [5.74, 6) is 0.225. The van der Waals surface area contributed by atoms with Crippen LogP contribution >= 0.6 is 0 Å². The number of aliphatic hydroxyl groups is 1. The van der Waals surface area contributed by atoms with Gasteiger partial charge in [-0.2, -0.15) is 0 Å².